The molecule has 1 aromatic carbocycles. The first kappa shape index (κ1) is 16.9. The van der Waals surface area contributed by atoms with Crippen LogP contribution in [0.2, 0.25) is 0 Å². The van der Waals surface area contributed by atoms with Gasteiger partial charge in [-0.05, 0) is 31.2 Å². The SMILES string of the molecule is CCNC(=O)CN1CCN(c2nc(-c3ccc(F)cc3)cs2)CC1. The number of halogens is 1. The van der Waals surface area contributed by atoms with Crippen LogP contribution in [0.3, 0.4) is 0 Å². The molecule has 2 aromatic rings. The highest BCUT2D eigenvalue weighted by atomic mass is 32.1. The van der Waals surface area contributed by atoms with Crippen molar-refractivity contribution in [2.45, 2.75) is 6.92 Å². The first-order valence-electron chi connectivity index (χ1n) is 8.11. The second-order valence-corrected chi connectivity index (χ2v) is 6.58. The van der Waals surface area contributed by atoms with E-state index in [4.69, 9.17) is 0 Å². The smallest absolute Gasteiger partial charge is 0.234 e. The third kappa shape index (κ3) is 4.10. The lowest BCUT2D eigenvalue weighted by molar-refractivity contribution is -0.122. The summed E-state index contributed by atoms with van der Waals surface area (Å²) < 4.78 is 13.0. The molecule has 0 bridgehead atoms. The number of hydrogen-bond acceptors (Lipinski definition) is 5. The summed E-state index contributed by atoms with van der Waals surface area (Å²) in [6, 6.07) is 6.40. The molecule has 24 heavy (non-hydrogen) atoms. The van der Waals surface area contributed by atoms with E-state index < -0.39 is 0 Å². The van der Waals surface area contributed by atoms with Crippen LogP contribution in [-0.2, 0) is 4.79 Å². The highest BCUT2D eigenvalue weighted by Gasteiger charge is 2.21. The molecule has 1 saturated heterocycles. The molecule has 3 rings (SSSR count). The maximum absolute atomic E-state index is 13.0. The second-order valence-electron chi connectivity index (χ2n) is 5.74. The summed E-state index contributed by atoms with van der Waals surface area (Å²) in [5.41, 5.74) is 1.80. The van der Waals surface area contributed by atoms with Gasteiger partial charge in [0, 0.05) is 43.7 Å². The van der Waals surface area contributed by atoms with Crippen molar-refractivity contribution in [3.63, 3.8) is 0 Å². The van der Waals surface area contributed by atoms with Crippen LogP contribution in [0.5, 0.6) is 0 Å². The predicted molar refractivity (Wildman–Crippen MR) is 94.8 cm³/mol. The van der Waals surface area contributed by atoms with Crippen molar-refractivity contribution in [1.82, 2.24) is 15.2 Å². The number of benzene rings is 1. The first-order chi connectivity index (χ1) is 11.7. The molecular weight excluding hydrogens is 327 g/mol. The van der Waals surface area contributed by atoms with Gasteiger partial charge in [-0.3, -0.25) is 9.69 Å². The summed E-state index contributed by atoms with van der Waals surface area (Å²) in [6.45, 7) is 6.47. The Bertz CT molecular complexity index is 680. The van der Waals surface area contributed by atoms with Gasteiger partial charge >= 0.3 is 0 Å². The van der Waals surface area contributed by atoms with Crippen molar-refractivity contribution in [3.05, 3.63) is 35.5 Å². The minimum Gasteiger partial charge on any atom is -0.355 e. The van der Waals surface area contributed by atoms with Crippen molar-refractivity contribution in [1.29, 1.82) is 0 Å². The largest absolute Gasteiger partial charge is 0.355 e. The van der Waals surface area contributed by atoms with Crippen molar-refractivity contribution in [3.8, 4) is 11.3 Å². The normalized spacial score (nSPS) is 15.5. The van der Waals surface area contributed by atoms with Gasteiger partial charge in [-0.2, -0.15) is 0 Å². The predicted octanol–water partition coefficient (Wildman–Crippen LogP) is 2.21. The summed E-state index contributed by atoms with van der Waals surface area (Å²) >= 11 is 1.60. The van der Waals surface area contributed by atoms with E-state index in [0.29, 0.717) is 13.1 Å². The molecule has 5 nitrogen and oxygen atoms in total. The molecule has 0 saturated carbocycles. The Labute approximate surface area is 145 Å². The lowest BCUT2D eigenvalue weighted by atomic mass is 10.2. The number of thiazole rings is 1. The molecule has 0 atom stereocenters. The Morgan fingerprint density at radius 2 is 1.96 bits per heavy atom. The number of carbonyl (C=O) groups excluding carboxylic acids is 1. The number of carbonyl (C=O) groups is 1. The molecule has 0 aliphatic carbocycles. The van der Waals surface area contributed by atoms with Gasteiger partial charge in [0.15, 0.2) is 5.13 Å². The highest BCUT2D eigenvalue weighted by molar-refractivity contribution is 7.14. The van der Waals surface area contributed by atoms with E-state index in [0.717, 1.165) is 42.6 Å². The summed E-state index contributed by atoms with van der Waals surface area (Å²) in [5.74, 6) is -0.156. The fourth-order valence-electron chi connectivity index (χ4n) is 2.72. The number of likely N-dealkylation sites (N-methyl/N-ethyl adjacent to an activating group) is 1. The second kappa shape index (κ2) is 7.72. The Kier molecular flexibility index (Phi) is 5.42. The average molecular weight is 348 g/mol. The van der Waals surface area contributed by atoms with Crippen LogP contribution in [0.25, 0.3) is 11.3 Å². The van der Waals surface area contributed by atoms with Crippen LogP contribution < -0.4 is 10.2 Å². The molecule has 1 aliphatic heterocycles. The van der Waals surface area contributed by atoms with Gasteiger partial charge in [-0.15, -0.1) is 11.3 Å². The van der Waals surface area contributed by atoms with Crippen LogP contribution >= 0.6 is 11.3 Å². The van der Waals surface area contributed by atoms with Crippen molar-refractivity contribution in [2.24, 2.45) is 0 Å². The fourth-order valence-corrected chi connectivity index (χ4v) is 3.60. The lowest BCUT2D eigenvalue weighted by Gasteiger charge is -2.34. The van der Waals surface area contributed by atoms with Crippen LogP contribution in [0.4, 0.5) is 9.52 Å². The molecule has 0 radical (unpaired) electrons. The van der Waals surface area contributed by atoms with Crippen molar-refractivity contribution in [2.75, 3.05) is 44.2 Å². The Morgan fingerprint density at radius 3 is 2.62 bits per heavy atom. The molecule has 1 fully saturated rings. The van der Waals surface area contributed by atoms with Crippen LogP contribution in [0.1, 0.15) is 6.92 Å². The number of rotatable bonds is 5. The lowest BCUT2D eigenvalue weighted by Crippen LogP contribution is -2.49. The maximum atomic E-state index is 13.0. The van der Waals surface area contributed by atoms with E-state index in [-0.39, 0.29) is 11.7 Å². The highest BCUT2D eigenvalue weighted by Crippen LogP contribution is 2.28. The zero-order valence-corrected chi connectivity index (χ0v) is 14.5. The van der Waals surface area contributed by atoms with E-state index in [1.807, 2.05) is 12.3 Å². The number of hydrogen-bond donors (Lipinski definition) is 1. The van der Waals surface area contributed by atoms with Gasteiger partial charge in [0.2, 0.25) is 5.91 Å². The third-order valence-electron chi connectivity index (χ3n) is 4.02. The molecule has 1 aliphatic rings. The Hall–Kier alpha value is -1.99. The Balaban J connectivity index is 1.57. The van der Waals surface area contributed by atoms with Crippen molar-refractivity contribution < 1.29 is 9.18 Å². The van der Waals surface area contributed by atoms with E-state index >= 15 is 0 Å². The minimum atomic E-state index is -0.238. The minimum absolute atomic E-state index is 0.0822. The van der Waals surface area contributed by atoms with E-state index in [9.17, 15) is 9.18 Å². The first-order valence-corrected chi connectivity index (χ1v) is 8.99. The summed E-state index contributed by atoms with van der Waals surface area (Å²) in [7, 11) is 0. The molecule has 128 valence electrons. The van der Waals surface area contributed by atoms with E-state index in [2.05, 4.69) is 20.1 Å². The van der Waals surface area contributed by atoms with Gasteiger partial charge < -0.3 is 10.2 Å². The van der Waals surface area contributed by atoms with Gasteiger partial charge in [0.25, 0.3) is 0 Å². The standard InChI is InChI=1S/C17H21FN4OS/c1-2-19-16(23)11-21-7-9-22(10-8-21)17-20-15(12-24-17)13-3-5-14(18)6-4-13/h3-6,12H,2,7-11H2,1H3,(H,19,23). The van der Waals surface area contributed by atoms with Crippen LogP contribution in [-0.4, -0.2) is 55.1 Å². The van der Waals surface area contributed by atoms with Gasteiger partial charge in [-0.25, -0.2) is 9.37 Å². The monoisotopic (exact) mass is 348 g/mol. The molecule has 0 spiro atoms. The molecule has 1 amide bonds. The van der Waals surface area contributed by atoms with Gasteiger partial charge in [-0.1, -0.05) is 0 Å². The number of anilines is 1. The molecule has 1 aromatic heterocycles. The fraction of sp³-hybridized carbons (Fsp3) is 0.412. The number of aromatic nitrogens is 1. The Morgan fingerprint density at radius 1 is 1.25 bits per heavy atom. The molecule has 7 heteroatoms. The topological polar surface area (TPSA) is 48.5 Å². The maximum Gasteiger partial charge on any atom is 0.234 e. The summed E-state index contributed by atoms with van der Waals surface area (Å²) in [6.07, 6.45) is 0. The molecule has 1 N–H and O–H groups in total. The van der Waals surface area contributed by atoms with Crippen molar-refractivity contribution >= 4 is 22.4 Å². The zero-order valence-electron chi connectivity index (χ0n) is 13.7. The van der Waals surface area contributed by atoms with Gasteiger partial charge in [0.1, 0.15) is 5.82 Å². The summed E-state index contributed by atoms with van der Waals surface area (Å²) in [4.78, 5) is 20.7. The van der Waals surface area contributed by atoms with Gasteiger partial charge in [0.05, 0.1) is 12.2 Å². The number of piperazine rings is 1. The molecule has 2 heterocycles. The third-order valence-corrected chi connectivity index (χ3v) is 4.92. The number of amides is 1. The zero-order chi connectivity index (χ0) is 16.9. The summed E-state index contributed by atoms with van der Waals surface area (Å²) in [5, 5.41) is 5.81. The molecule has 0 unspecified atom stereocenters. The van der Waals surface area contributed by atoms with E-state index in [1.54, 1.807) is 23.5 Å². The van der Waals surface area contributed by atoms with Crippen LogP contribution in [0, 0.1) is 5.82 Å². The van der Waals surface area contributed by atoms with Crippen LogP contribution in [0.15, 0.2) is 29.6 Å². The molecular formula is C17H21FN4OS. The van der Waals surface area contributed by atoms with E-state index in [1.165, 1.54) is 12.1 Å². The number of nitrogens with one attached hydrogen (secondary N) is 1. The average Bonchev–Trinajstić information content (AvgIpc) is 3.06. The number of nitrogens with zero attached hydrogens (tertiary/aromatic N) is 3. The quantitative estimate of drug-likeness (QED) is 0.900.